The smallest absolute Gasteiger partial charge is 0.159 e. The Hall–Kier alpha value is -2.62. The molecule has 26 heavy (non-hydrogen) atoms. The molecular weight excluding hydrogens is 348 g/mol. The molecule has 0 spiro atoms. The summed E-state index contributed by atoms with van der Waals surface area (Å²) < 4.78 is 1.83. The fraction of sp³-hybridized carbons (Fsp3) is 0.316. The van der Waals surface area contributed by atoms with Crippen LogP contribution in [0.5, 0.6) is 0 Å². The molecule has 1 aromatic carbocycles. The van der Waals surface area contributed by atoms with Gasteiger partial charge in [-0.15, -0.1) is 0 Å². The van der Waals surface area contributed by atoms with Gasteiger partial charge in [0.1, 0.15) is 11.0 Å². The molecule has 1 atom stereocenters. The van der Waals surface area contributed by atoms with Crippen molar-refractivity contribution < 1.29 is 0 Å². The maximum Gasteiger partial charge on any atom is 0.159 e. The zero-order valence-electron chi connectivity index (χ0n) is 14.3. The minimum absolute atomic E-state index is 0.126. The molecule has 0 aliphatic carbocycles. The van der Waals surface area contributed by atoms with Crippen molar-refractivity contribution in [2.75, 3.05) is 18.0 Å². The Balaban J connectivity index is 1.86. The van der Waals surface area contributed by atoms with Crippen molar-refractivity contribution in [3.63, 3.8) is 0 Å². The van der Waals surface area contributed by atoms with Crippen LogP contribution in [0, 0.1) is 11.3 Å². The third-order valence-corrected chi connectivity index (χ3v) is 5.13. The summed E-state index contributed by atoms with van der Waals surface area (Å²) in [5, 5.41) is 14.3. The lowest BCUT2D eigenvalue weighted by molar-refractivity contribution is 0.499. The summed E-state index contributed by atoms with van der Waals surface area (Å²) in [6.45, 7) is 1.65. The second kappa shape index (κ2) is 6.94. The fourth-order valence-electron chi connectivity index (χ4n) is 3.59. The van der Waals surface area contributed by atoms with Gasteiger partial charge in [-0.05, 0) is 24.5 Å². The third kappa shape index (κ3) is 3.00. The Bertz CT molecular complexity index is 989. The molecule has 1 aliphatic heterocycles. The van der Waals surface area contributed by atoms with Crippen molar-refractivity contribution >= 4 is 23.1 Å². The molecule has 3 heterocycles. The molecule has 0 saturated carbocycles. The van der Waals surface area contributed by atoms with Gasteiger partial charge in [-0.3, -0.25) is 0 Å². The predicted octanol–water partition coefficient (Wildman–Crippen LogP) is 2.77. The van der Waals surface area contributed by atoms with Crippen LogP contribution < -0.4 is 10.6 Å². The van der Waals surface area contributed by atoms with E-state index in [1.54, 1.807) is 6.20 Å². The number of nitrogens with zero attached hydrogens (tertiary/aromatic N) is 5. The molecule has 2 N–H and O–H groups in total. The highest BCUT2D eigenvalue weighted by Gasteiger charge is 2.25. The van der Waals surface area contributed by atoms with Crippen molar-refractivity contribution in [3.05, 3.63) is 58.4 Å². The van der Waals surface area contributed by atoms with Gasteiger partial charge < -0.3 is 10.6 Å². The van der Waals surface area contributed by atoms with Gasteiger partial charge in [-0.1, -0.05) is 29.8 Å². The van der Waals surface area contributed by atoms with E-state index in [4.69, 9.17) is 17.3 Å². The van der Waals surface area contributed by atoms with Gasteiger partial charge in [-0.25, -0.2) is 4.98 Å². The van der Waals surface area contributed by atoms with E-state index in [0.717, 1.165) is 42.9 Å². The molecule has 132 valence electrons. The first kappa shape index (κ1) is 16.8. The monoisotopic (exact) mass is 366 g/mol. The zero-order chi connectivity index (χ0) is 18.1. The van der Waals surface area contributed by atoms with Crippen LogP contribution in [0.2, 0.25) is 5.15 Å². The van der Waals surface area contributed by atoms with E-state index in [2.05, 4.69) is 21.1 Å². The van der Waals surface area contributed by atoms with E-state index < -0.39 is 0 Å². The number of hydrogen-bond donors (Lipinski definition) is 1. The van der Waals surface area contributed by atoms with Crippen LogP contribution in [0.15, 0.2) is 36.5 Å². The summed E-state index contributed by atoms with van der Waals surface area (Å²) in [7, 11) is 0. The molecule has 7 heteroatoms. The highest BCUT2D eigenvalue weighted by Crippen LogP contribution is 2.31. The normalized spacial score (nSPS) is 17.4. The van der Waals surface area contributed by atoms with E-state index in [0.29, 0.717) is 22.8 Å². The Morgan fingerprint density at radius 3 is 2.96 bits per heavy atom. The molecule has 0 unspecified atom stereocenters. The molecule has 4 rings (SSSR count). The number of nitriles is 1. The van der Waals surface area contributed by atoms with Crippen LogP contribution in [0.25, 0.3) is 5.65 Å². The Labute approximate surface area is 156 Å². The number of benzene rings is 1. The first-order valence-corrected chi connectivity index (χ1v) is 9.06. The summed E-state index contributed by atoms with van der Waals surface area (Å²) in [6.07, 6.45) is 4.29. The standard InChI is InChI=1S/C19H19ClN6/c20-18-16(10-13-4-1-2-5-14(13)11-21)19(25-9-3-6-15(22)12-25)26-17(24-18)7-8-23-26/h1-2,4-5,7-8,15H,3,6,9-10,12,22H2/t15-/m1/s1. The Kier molecular flexibility index (Phi) is 4.49. The third-order valence-electron chi connectivity index (χ3n) is 4.82. The van der Waals surface area contributed by atoms with E-state index >= 15 is 0 Å². The molecular formula is C19H19ClN6. The lowest BCUT2D eigenvalue weighted by Crippen LogP contribution is -2.44. The van der Waals surface area contributed by atoms with Crippen molar-refractivity contribution in [2.45, 2.75) is 25.3 Å². The fourth-order valence-corrected chi connectivity index (χ4v) is 3.82. The van der Waals surface area contributed by atoms with Crippen LogP contribution in [0.3, 0.4) is 0 Å². The highest BCUT2D eigenvalue weighted by molar-refractivity contribution is 6.30. The molecule has 0 radical (unpaired) electrons. The molecule has 2 aromatic heterocycles. The van der Waals surface area contributed by atoms with Crippen molar-refractivity contribution in [1.29, 1.82) is 5.26 Å². The van der Waals surface area contributed by atoms with Crippen LogP contribution in [-0.4, -0.2) is 33.7 Å². The van der Waals surface area contributed by atoms with Gasteiger partial charge in [0.25, 0.3) is 0 Å². The number of hydrogen-bond acceptors (Lipinski definition) is 5. The van der Waals surface area contributed by atoms with Crippen LogP contribution in [0.4, 0.5) is 5.82 Å². The number of nitrogens with two attached hydrogens (primary N) is 1. The molecule has 6 nitrogen and oxygen atoms in total. The highest BCUT2D eigenvalue weighted by atomic mass is 35.5. The number of anilines is 1. The van der Waals surface area contributed by atoms with Gasteiger partial charge in [0.15, 0.2) is 5.65 Å². The SMILES string of the molecule is N#Cc1ccccc1Cc1c(Cl)nc2ccnn2c1N1CCC[C@@H](N)C1. The number of aromatic nitrogens is 3. The summed E-state index contributed by atoms with van der Waals surface area (Å²) in [5.74, 6) is 0.924. The van der Waals surface area contributed by atoms with Gasteiger partial charge >= 0.3 is 0 Å². The summed E-state index contributed by atoms with van der Waals surface area (Å²) in [4.78, 5) is 6.73. The van der Waals surface area contributed by atoms with Crippen LogP contribution in [-0.2, 0) is 6.42 Å². The topological polar surface area (TPSA) is 83.2 Å². The second-order valence-corrected chi connectivity index (χ2v) is 6.96. The molecule has 0 bridgehead atoms. The van der Waals surface area contributed by atoms with E-state index in [9.17, 15) is 5.26 Å². The summed E-state index contributed by atoms with van der Waals surface area (Å²) in [5.41, 5.74) is 9.36. The number of piperidine rings is 1. The van der Waals surface area contributed by atoms with Crippen LogP contribution >= 0.6 is 11.6 Å². The quantitative estimate of drug-likeness (QED) is 0.720. The lowest BCUT2D eigenvalue weighted by atomic mass is 10.00. The first-order valence-electron chi connectivity index (χ1n) is 8.68. The first-order chi connectivity index (χ1) is 12.7. The number of rotatable bonds is 3. The van der Waals surface area contributed by atoms with E-state index in [1.807, 2.05) is 34.8 Å². The van der Waals surface area contributed by atoms with Crippen molar-refractivity contribution in [3.8, 4) is 6.07 Å². The average Bonchev–Trinajstić information content (AvgIpc) is 3.10. The Morgan fingerprint density at radius 1 is 1.31 bits per heavy atom. The largest absolute Gasteiger partial charge is 0.355 e. The number of halogens is 1. The minimum Gasteiger partial charge on any atom is -0.355 e. The molecule has 1 aliphatic rings. The maximum absolute atomic E-state index is 9.41. The molecule has 3 aromatic rings. The lowest BCUT2D eigenvalue weighted by Gasteiger charge is -2.34. The minimum atomic E-state index is 0.126. The second-order valence-electron chi connectivity index (χ2n) is 6.60. The number of fused-ring (bicyclic) bond motifs is 1. The molecule has 0 amide bonds. The van der Waals surface area contributed by atoms with Gasteiger partial charge in [0.2, 0.25) is 0 Å². The summed E-state index contributed by atoms with van der Waals surface area (Å²) in [6, 6.07) is 11.8. The maximum atomic E-state index is 9.41. The Morgan fingerprint density at radius 2 is 2.15 bits per heavy atom. The van der Waals surface area contributed by atoms with Crippen molar-refractivity contribution in [2.24, 2.45) is 5.73 Å². The predicted molar refractivity (Wildman–Crippen MR) is 101 cm³/mol. The van der Waals surface area contributed by atoms with E-state index in [1.165, 1.54) is 0 Å². The average molecular weight is 367 g/mol. The molecule has 1 fully saturated rings. The van der Waals surface area contributed by atoms with Gasteiger partial charge in [0.05, 0.1) is 17.8 Å². The van der Waals surface area contributed by atoms with Crippen LogP contribution in [0.1, 0.15) is 29.5 Å². The summed E-state index contributed by atoms with van der Waals surface area (Å²) >= 11 is 6.57. The van der Waals surface area contributed by atoms with Crippen molar-refractivity contribution in [1.82, 2.24) is 14.6 Å². The van der Waals surface area contributed by atoms with E-state index in [-0.39, 0.29) is 6.04 Å². The zero-order valence-corrected chi connectivity index (χ0v) is 15.0. The van der Waals surface area contributed by atoms with Gasteiger partial charge in [0, 0.05) is 37.2 Å². The molecule has 1 saturated heterocycles. The van der Waals surface area contributed by atoms with Gasteiger partial charge in [-0.2, -0.15) is 14.9 Å².